The van der Waals surface area contributed by atoms with Crippen LogP contribution >= 0.6 is 0 Å². The summed E-state index contributed by atoms with van der Waals surface area (Å²) in [5, 5.41) is 0.725. The van der Waals surface area contributed by atoms with Crippen molar-refractivity contribution in [3.05, 3.63) is 78.0 Å². The Morgan fingerprint density at radius 1 is 1.06 bits per heavy atom. The third-order valence-electron chi connectivity index (χ3n) is 6.28. The molecule has 0 spiro atoms. The van der Waals surface area contributed by atoms with E-state index in [0.29, 0.717) is 35.7 Å². The molecule has 5 rings (SSSR count). The molecule has 0 radical (unpaired) electrons. The Kier molecular flexibility index (Phi) is 5.75. The van der Waals surface area contributed by atoms with E-state index in [1.807, 2.05) is 22.9 Å². The Morgan fingerprint density at radius 2 is 1.74 bits per heavy atom. The van der Waals surface area contributed by atoms with E-state index in [1.54, 1.807) is 24.0 Å². The fraction of sp³-hybridized carbons (Fsp3) is 0.185. The lowest BCUT2D eigenvalue weighted by molar-refractivity contribution is -0.124. The quantitative estimate of drug-likeness (QED) is 0.364. The third kappa shape index (κ3) is 4.13. The molecule has 0 aliphatic carbocycles. The van der Waals surface area contributed by atoms with Crippen molar-refractivity contribution in [3.8, 4) is 23.0 Å². The van der Waals surface area contributed by atoms with E-state index in [9.17, 15) is 14.0 Å². The normalized spacial score (nSPS) is 15.1. The highest BCUT2D eigenvalue weighted by Gasteiger charge is 2.29. The number of ketones is 1. The van der Waals surface area contributed by atoms with Gasteiger partial charge in [-0.25, -0.2) is 14.4 Å². The van der Waals surface area contributed by atoms with Gasteiger partial charge < -0.3 is 15.2 Å². The number of nitrogens with two attached hydrogens (primary N) is 1. The zero-order valence-electron chi connectivity index (χ0n) is 19.0. The summed E-state index contributed by atoms with van der Waals surface area (Å²) in [5.74, 6) is 4.87. The van der Waals surface area contributed by atoms with Crippen LogP contribution in [-0.2, 0) is 4.79 Å². The van der Waals surface area contributed by atoms with Crippen LogP contribution in [0.5, 0.6) is 0 Å². The predicted octanol–water partition coefficient (Wildman–Crippen LogP) is 3.85. The van der Waals surface area contributed by atoms with E-state index in [-0.39, 0.29) is 23.5 Å². The van der Waals surface area contributed by atoms with Gasteiger partial charge in [0.15, 0.2) is 5.78 Å². The average molecular weight is 468 g/mol. The van der Waals surface area contributed by atoms with Gasteiger partial charge in [-0.1, -0.05) is 30.2 Å². The van der Waals surface area contributed by atoms with E-state index in [2.05, 4.69) is 21.8 Å². The van der Waals surface area contributed by atoms with Crippen LogP contribution in [0.2, 0.25) is 0 Å². The van der Waals surface area contributed by atoms with Gasteiger partial charge in [-0.2, -0.15) is 0 Å². The van der Waals surface area contributed by atoms with Crippen molar-refractivity contribution in [2.75, 3.05) is 18.8 Å². The lowest BCUT2D eigenvalue weighted by atomic mass is 9.99. The van der Waals surface area contributed by atoms with Crippen LogP contribution in [0.3, 0.4) is 0 Å². The molecule has 2 aromatic carbocycles. The molecule has 2 aromatic heterocycles. The summed E-state index contributed by atoms with van der Waals surface area (Å²) in [6, 6.07) is 12.7. The number of benzene rings is 2. The number of nitrogen functional groups attached to an aromatic ring is 1. The number of rotatable bonds is 4. The highest BCUT2D eigenvalue weighted by molar-refractivity contribution is 6.09. The Labute approximate surface area is 201 Å². The molecule has 1 amide bonds. The standard InChI is InChI=1S/C27H22FN5O2/c1-2-3-23(34)32-13-12-21(14-32)33-15-22(24-26(29)30-16-31-27(24)33)17-4-6-18(7-5-17)25(35)19-8-10-20(28)11-9-19/h4-11,15-16,21H,12-14H2,1H3,(H2,29,30,31)/t21-/m1/s1. The molecule has 1 atom stereocenters. The molecular weight excluding hydrogens is 445 g/mol. The first-order valence-corrected chi connectivity index (χ1v) is 11.2. The maximum Gasteiger partial charge on any atom is 0.298 e. The highest BCUT2D eigenvalue weighted by Crippen LogP contribution is 2.36. The molecule has 35 heavy (non-hydrogen) atoms. The molecule has 4 aromatic rings. The van der Waals surface area contributed by atoms with Gasteiger partial charge in [-0.15, -0.1) is 0 Å². The monoisotopic (exact) mass is 467 g/mol. The second-order valence-corrected chi connectivity index (χ2v) is 8.39. The van der Waals surface area contributed by atoms with Gasteiger partial charge in [0.25, 0.3) is 5.91 Å². The molecule has 0 unspecified atom stereocenters. The Morgan fingerprint density at radius 3 is 2.43 bits per heavy atom. The number of nitrogens with zero attached hydrogens (tertiary/aromatic N) is 4. The van der Waals surface area contributed by atoms with Crippen molar-refractivity contribution in [2.45, 2.75) is 19.4 Å². The van der Waals surface area contributed by atoms with Crippen molar-refractivity contribution in [2.24, 2.45) is 0 Å². The number of hydrogen-bond donors (Lipinski definition) is 1. The van der Waals surface area contributed by atoms with Crippen molar-refractivity contribution >= 4 is 28.5 Å². The minimum absolute atomic E-state index is 0.0301. The second-order valence-electron chi connectivity index (χ2n) is 8.39. The van der Waals surface area contributed by atoms with Crippen molar-refractivity contribution in [1.29, 1.82) is 0 Å². The van der Waals surface area contributed by atoms with Gasteiger partial charge >= 0.3 is 0 Å². The number of anilines is 1. The zero-order chi connectivity index (χ0) is 24.5. The average Bonchev–Trinajstić information content (AvgIpc) is 3.50. The van der Waals surface area contributed by atoms with Crippen LogP contribution in [-0.4, -0.2) is 44.2 Å². The number of likely N-dealkylation sites (tertiary alicyclic amines) is 1. The van der Waals surface area contributed by atoms with Gasteiger partial charge in [0, 0.05) is 36.0 Å². The molecule has 3 heterocycles. The van der Waals surface area contributed by atoms with E-state index in [1.165, 1.54) is 30.6 Å². The van der Waals surface area contributed by atoms with E-state index >= 15 is 0 Å². The first-order valence-electron chi connectivity index (χ1n) is 11.2. The van der Waals surface area contributed by atoms with Crippen LogP contribution in [0.15, 0.2) is 61.1 Å². The Balaban J connectivity index is 1.49. The molecule has 0 bridgehead atoms. The first kappa shape index (κ1) is 22.3. The molecule has 8 heteroatoms. The minimum atomic E-state index is -0.388. The SMILES string of the molecule is CC#CC(=O)N1CC[C@@H](n2cc(-c3ccc(C(=O)c4ccc(F)cc4)cc3)c3c(N)ncnc32)C1. The molecule has 7 nitrogen and oxygen atoms in total. The maximum absolute atomic E-state index is 13.2. The van der Waals surface area contributed by atoms with Gasteiger partial charge in [0.05, 0.1) is 11.4 Å². The smallest absolute Gasteiger partial charge is 0.298 e. The van der Waals surface area contributed by atoms with Gasteiger partial charge in [-0.3, -0.25) is 9.59 Å². The fourth-order valence-electron chi connectivity index (χ4n) is 4.51. The summed E-state index contributed by atoms with van der Waals surface area (Å²) in [6.07, 6.45) is 4.19. The summed E-state index contributed by atoms with van der Waals surface area (Å²) in [5.41, 5.74) is 9.56. The first-order chi connectivity index (χ1) is 17.0. The second kappa shape index (κ2) is 9.03. The lowest BCUT2D eigenvalue weighted by Crippen LogP contribution is -2.27. The number of amides is 1. The summed E-state index contributed by atoms with van der Waals surface area (Å²) >= 11 is 0. The van der Waals surface area contributed by atoms with Crippen LogP contribution in [0.4, 0.5) is 10.2 Å². The van der Waals surface area contributed by atoms with Crippen molar-refractivity contribution < 1.29 is 14.0 Å². The van der Waals surface area contributed by atoms with Crippen LogP contribution in [0, 0.1) is 17.7 Å². The third-order valence-corrected chi connectivity index (χ3v) is 6.28. The summed E-state index contributed by atoms with van der Waals surface area (Å²) in [4.78, 5) is 35.4. The number of carbonyl (C=O) groups is 2. The van der Waals surface area contributed by atoms with Crippen LogP contribution in [0.1, 0.15) is 35.3 Å². The lowest BCUT2D eigenvalue weighted by Gasteiger charge is -2.15. The van der Waals surface area contributed by atoms with Gasteiger partial charge in [-0.05, 0) is 49.1 Å². The minimum Gasteiger partial charge on any atom is -0.383 e. The number of carbonyl (C=O) groups excluding carboxylic acids is 2. The predicted molar refractivity (Wildman–Crippen MR) is 131 cm³/mol. The zero-order valence-corrected chi connectivity index (χ0v) is 19.0. The summed E-state index contributed by atoms with van der Waals surface area (Å²) < 4.78 is 15.3. The number of halogens is 1. The molecule has 2 N–H and O–H groups in total. The topological polar surface area (TPSA) is 94.1 Å². The molecule has 1 fully saturated rings. The number of aromatic nitrogens is 3. The molecule has 1 aliphatic rings. The molecule has 174 valence electrons. The summed E-state index contributed by atoms with van der Waals surface area (Å²) in [7, 11) is 0. The van der Waals surface area contributed by atoms with Gasteiger partial charge in [0.1, 0.15) is 23.6 Å². The highest BCUT2D eigenvalue weighted by atomic mass is 19.1. The van der Waals surface area contributed by atoms with Crippen LogP contribution in [0.25, 0.3) is 22.2 Å². The Hall–Kier alpha value is -4.51. The molecular formula is C27H22FN5O2. The number of hydrogen-bond acceptors (Lipinski definition) is 5. The Bertz CT molecular complexity index is 1500. The fourth-order valence-corrected chi connectivity index (χ4v) is 4.51. The largest absolute Gasteiger partial charge is 0.383 e. The van der Waals surface area contributed by atoms with Crippen LogP contribution < -0.4 is 5.73 Å². The van der Waals surface area contributed by atoms with E-state index < -0.39 is 0 Å². The summed E-state index contributed by atoms with van der Waals surface area (Å²) in [6.45, 7) is 2.80. The van der Waals surface area contributed by atoms with E-state index in [4.69, 9.17) is 5.73 Å². The van der Waals surface area contributed by atoms with Gasteiger partial charge in [0.2, 0.25) is 0 Å². The maximum atomic E-state index is 13.2. The van der Waals surface area contributed by atoms with Crippen molar-refractivity contribution in [1.82, 2.24) is 19.4 Å². The molecule has 1 aliphatic heterocycles. The van der Waals surface area contributed by atoms with E-state index in [0.717, 1.165) is 22.9 Å². The molecule has 1 saturated heterocycles. The van der Waals surface area contributed by atoms with Crippen molar-refractivity contribution in [3.63, 3.8) is 0 Å². The number of fused-ring (bicyclic) bond motifs is 1. The molecule has 0 saturated carbocycles.